The molecule has 0 heterocycles. The number of hydrogen-bond donors (Lipinski definition) is 1. The van der Waals surface area contributed by atoms with Crippen LogP contribution in [0.1, 0.15) is 25.0 Å². The van der Waals surface area contributed by atoms with Crippen molar-refractivity contribution in [3.8, 4) is 0 Å². The molecule has 17 heavy (non-hydrogen) atoms. The lowest BCUT2D eigenvalue weighted by Gasteiger charge is -2.23. The maximum Gasteiger partial charge on any atom is 0.172 e. The molecule has 3 nitrogen and oxygen atoms in total. The lowest BCUT2D eigenvalue weighted by molar-refractivity contribution is -0.148. The fourth-order valence-electron chi connectivity index (χ4n) is 1.83. The van der Waals surface area contributed by atoms with Crippen LogP contribution in [-0.4, -0.2) is 25.5 Å². The van der Waals surface area contributed by atoms with Gasteiger partial charge >= 0.3 is 0 Å². The zero-order chi connectivity index (χ0) is 12.7. The van der Waals surface area contributed by atoms with Crippen LogP contribution in [0.15, 0.2) is 24.3 Å². The Labute approximate surface area is 104 Å². The summed E-state index contributed by atoms with van der Waals surface area (Å²) in [7, 11) is 0. The molecule has 1 atom stereocenters. The van der Waals surface area contributed by atoms with E-state index in [2.05, 4.69) is 25.1 Å². The van der Waals surface area contributed by atoms with E-state index in [0.717, 1.165) is 6.42 Å². The maximum absolute atomic E-state index is 6.12. The minimum Gasteiger partial charge on any atom is -0.351 e. The summed E-state index contributed by atoms with van der Waals surface area (Å²) in [6, 6.07) is 8.24. The average Bonchev–Trinajstić information content (AvgIpc) is 2.28. The Balaban J connectivity index is 2.59. The van der Waals surface area contributed by atoms with E-state index in [1.165, 1.54) is 11.1 Å². The van der Waals surface area contributed by atoms with Gasteiger partial charge in [0.2, 0.25) is 0 Å². The number of ether oxygens (including phenoxy) is 2. The Morgan fingerprint density at radius 2 is 1.82 bits per heavy atom. The fraction of sp³-hybridized carbons (Fsp3) is 0.571. The molecule has 1 aromatic rings. The van der Waals surface area contributed by atoms with E-state index in [1.807, 2.05) is 19.9 Å². The second kappa shape index (κ2) is 7.43. The van der Waals surface area contributed by atoms with E-state index in [9.17, 15) is 0 Å². The summed E-state index contributed by atoms with van der Waals surface area (Å²) in [5, 5.41) is 0. The van der Waals surface area contributed by atoms with Gasteiger partial charge in [0.1, 0.15) is 0 Å². The molecule has 1 rings (SSSR count). The number of nitrogens with two attached hydrogens (primary N) is 1. The van der Waals surface area contributed by atoms with Gasteiger partial charge in [-0.1, -0.05) is 29.8 Å². The summed E-state index contributed by atoms with van der Waals surface area (Å²) < 4.78 is 11.0. The molecule has 0 fully saturated rings. The third-order valence-corrected chi connectivity index (χ3v) is 2.57. The number of benzene rings is 1. The summed E-state index contributed by atoms with van der Waals surface area (Å²) in [4.78, 5) is 0. The van der Waals surface area contributed by atoms with E-state index in [1.54, 1.807) is 0 Å². The largest absolute Gasteiger partial charge is 0.351 e. The Kier molecular flexibility index (Phi) is 6.19. The van der Waals surface area contributed by atoms with Crippen LogP contribution in [0, 0.1) is 6.92 Å². The van der Waals surface area contributed by atoms with Crippen molar-refractivity contribution >= 4 is 0 Å². The molecule has 0 radical (unpaired) electrons. The second-order valence-electron chi connectivity index (χ2n) is 4.14. The van der Waals surface area contributed by atoms with Crippen molar-refractivity contribution in [3.05, 3.63) is 35.4 Å². The van der Waals surface area contributed by atoms with Crippen LogP contribution >= 0.6 is 0 Å². The topological polar surface area (TPSA) is 44.5 Å². The summed E-state index contributed by atoms with van der Waals surface area (Å²) in [5.41, 5.74) is 8.60. The molecule has 0 saturated heterocycles. The summed E-state index contributed by atoms with van der Waals surface area (Å²) in [6.07, 6.45) is 0.456. The Bertz CT molecular complexity index is 322. The molecule has 0 aromatic heterocycles. The molecule has 0 aliphatic rings. The zero-order valence-electron chi connectivity index (χ0n) is 11.0. The third kappa shape index (κ3) is 4.86. The van der Waals surface area contributed by atoms with Crippen LogP contribution in [-0.2, 0) is 15.9 Å². The maximum atomic E-state index is 6.12. The van der Waals surface area contributed by atoms with Gasteiger partial charge in [-0.05, 0) is 32.8 Å². The molecular formula is C14H23NO2. The van der Waals surface area contributed by atoms with E-state index in [0.29, 0.717) is 13.2 Å². The molecule has 2 N–H and O–H groups in total. The molecule has 0 aliphatic carbocycles. The van der Waals surface area contributed by atoms with Crippen molar-refractivity contribution in [2.75, 3.05) is 13.2 Å². The summed E-state index contributed by atoms with van der Waals surface area (Å²) >= 11 is 0. The van der Waals surface area contributed by atoms with Crippen molar-refractivity contribution in [1.82, 2.24) is 0 Å². The van der Waals surface area contributed by atoms with E-state index >= 15 is 0 Å². The molecule has 1 unspecified atom stereocenters. The number of hydrogen-bond acceptors (Lipinski definition) is 3. The SMILES string of the molecule is CCOC(OCC)C(N)Cc1cccc(C)c1. The number of aryl methyl sites for hydroxylation is 1. The highest BCUT2D eigenvalue weighted by Gasteiger charge is 2.18. The molecule has 0 aliphatic heterocycles. The monoisotopic (exact) mass is 237 g/mol. The van der Waals surface area contributed by atoms with E-state index in [4.69, 9.17) is 15.2 Å². The molecular weight excluding hydrogens is 214 g/mol. The van der Waals surface area contributed by atoms with Gasteiger partial charge < -0.3 is 15.2 Å². The molecule has 0 bridgehead atoms. The van der Waals surface area contributed by atoms with Crippen molar-refractivity contribution in [1.29, 1.82) is 0 Å². The normalized spacial score (nSPS) is 13.0. The number of rotatable bonds is 7. The van der Waals surface area contributed by atoms with E-state index in [-0.39, 0.29) is 12.3 Å². The molecule has 0 saturated carbocycles. The van der Waals surface area contributed by atoms with Gasteiger partial charge in [-0.15, -0.1) is 0 Å². The van der Waals surface area contributed by atoms with Gasteiger partial charge in [0.25, 0.3) is 0 Å². The zero-order valence-corrected chi connectivity index (χ0v) is 11.0. The highest BCUT2D eigenvalue weighted by Crippen LogP contribution is 2.10. The van der Waals surface area contributed by atoms with Crippen LogP contribution in [0.4, 0.5) is 0 Å². The van der Waals surface area contributed by atoms with Gasteiger partial charge in [0.05, 0.1) is 6.04 Å². The second-order valence-corrected chi connectivity index (χ2v) is 4.14. The predicted molar refractivity (Wildman–Crippen MR) is 69.9 cm³/mol. The standard InChI is InChI=1S/C14H23NO2/c1-4-16-14(17-5-2)13(15)10-12-8-6-7-11(3)9-12/h6-9,13-14H,4-5,10,15H2,1-3H3. The van der Waals surface area contributed by atoms with Crippen LogP contribution < -0.4 is 5.73 Å². The average molecular weight is 237 g/mol. The summed E-state index contributed by atoms with van der Waals surface area (Å²) in [5.74, 6) is 0. The Morgan fingerprint density at radius 3 is 2.35 bits per heavy atom. The van der Waals surface area contributed by atoms with Crippen molar-refractivity contribution in [2.24, 2.45) is 5.73 Å². The molecule has 3 heteroatoms. The lowest BCUT2D eigenvalue weighted by Crippen LogP contribution is -2.40. The first-order valence-corrected chi connectivity index (χ1v) is 6.21. The Hall–Kier alpha value is -0.900. The van der Waals surface area contributed by atoms with Gasteiger partial charge in [-0.25, -0.2) is 0 Å². The van der Waals surface area contributed by atoms with Crippen molar-refractivity contribution < 1.29 is 9.47 Å². The Morgan fingerprint density at radius 1 is 1.18 bits per heavy atom. The molecule has 0 amide bonds. The highest BCUT2D eigenvalue weighted by atomic mass is 16.7. The first-order valence-electron chi connectivity index (χ1n) is 6.21. The van der Waals surface area contributed by atoms with E-state index < -0.39 is 0 Å². The van der Waals surface area contributed by atoms with Crippen molar-refractivity contribution in [2.45, 2.75) is 39.5 Å². The van der Waals surface area contributed by atoms with Gasteiger partial charge in [-0.3, -0.25) is 0 Å². The minimum atomic E-state index is -0.314. The molecule has 1 aromatic carbocycles. The van der Waals surface area contributed by atoms with Gasteiger partial charge in [0, 0.05) is 13.2 Å². The quantitative estimate of drug-likeness (QED) is 0.740. The first kappa shape index (κ1) is 14.2. The first-order chi connectivity index (χ1) is 8.17. The lowest BCUT2D eigenvalue weighted by atomic mass is 10.0. The van der Waals surface area contributed by atoms with Crippen molar-refractivity contribution in [3.63, 3.8) is 0 Å². The van der Waals surface area contributed by atoms with Gasteiger partial charge in [0.15, 0.2) is 6.29 Å². The fourth-order valence-corrected chi connectivity index (χ4v) is 1.83. The highest BCUT2D eigenvalue weighted by molar-refractivity contribution is 5.23. The minimum absolute atomic E-state index is 0.128. The molecule has 0 spiro atoms. The predicted octanol–water partition coefficient (Wildman–Crippen LogP) is 2.26. The smallest absolute Gasteiger partial charge is 0.172 e. The van der Waals surface area contributed by atoms with Crippen LogP contribution in [0.2, 0.25) is 0 Å². The van der Waals surface area contributed by atoms with Gasteiger partial charge in [-0.2, -0.15) is 0 Å². The van der Waals surface area contributed by atoms with Crippen LogP contribution in [0.5, 0.6) is 0 Å². The van der Waals surface area contributed by atoms with Crippen LogP contribution in [0.25, 0.3) is 0 Å². The molecule has 96 valence electrons. The third-order valence-electron chi connectivity index (χ3n) is 2.57. The van der Waals surface area contributed by atoms with Crippen LogP contribution in [0.3, 0.4) is 0 Å². The summed E-state index contributed by atoms with van der Waals surface area (Å²) in [6.45, 7) is 7.22.